The Bertz CT molecular complexity index is 1010. The predicted octanol–water partition coefficient (Wildman–Crippen LogP) is 6.15. The van der Waals surface area contributed by atoms with Crippen molar-refractivity contribution in [3.05, 3.63) is 69.1 Å². The van der Waals surface area contributed by atoms with Gasteiger partial charge >= 0.3 is 0 Å². The molecule has 1 saturated heterocycles. The lowest BCUT2D eigenvalue weighted by Gasteiger charge is -2.19. The lowest BCUT2D eigenvalue weighted by Crippen LogP contribution is -2.30. The molecule has 7 heteroatoms. The van der Waals surface area contributed by atoms with Gasteiger partial charge in [0.1, 0.15) is 9.93 Å². The average molecular weight is 444 g/mol. The van der Waals surface area contributed by atoms with Gasteiger partial charge in [0.05, 0.1) is 11.7 Å². The summed E-state index contributed by atoms with van der Waals surface area (Å²) in [4.78, 5) is 23.9. The summed E-state index contributed by atoms with van der Waals surface area (Å²) in [7, 11) is 0. The molecule has 1 fully saturated rings. The third-order valence-corrected chi connectivity index (χ3v) is 7.57. The van der Waals surface area contributed by atoms with Crippen LogP contribution in [0.3, 0.4) is 0 Å². The predicted molar refractivity (Wildman–Crippen MR) is 125 cm³/mol. The topological polar surface area (TPSA) is 35.9 Å². The van der Waals surface area contributed by atoms with Crippen LogP contribution in [-0.2, 0) is 4.79 Å². The molecular weight excluding hydrogens is 422 g/mol. The molecule has 0 radical (unpaired) electrons. The number of amides is 1. The number of halogens is 1. The van der Waals surface area contributed by atoms with Gasteiger partial charge in [-0.25, -0.2) is 0 Å². The van der Waals surface area contributed by atoms with E-state index in [0.29, 0.717) is 11.6 Å². The van der Waals surface area contributed by atoms with Gasteiger partial charge in [-0.15, -0.1) is 0 Å². The molecule has 1 amide bonds. The van der Waals surface area contributed by atoms with Crippen LogP contribution in [0.5, 0.6) is 0 Å². The maximum Gasteiger partial charge on any atom is 0.269 e. The highest BCUT2D eigenvalue weighted by Crippen LogP contribution is 2.51. The van der Waals surface area contributed by atoms with Crippen LogP contribution in [0.1, 0.15) is 32.4 Å². The van der Waals surface area contributed by atoms with Crippen molar-refractivity contribution in [1.82, 2.24) is 4.90 Å². The number of carbonyl (C=O) groups excluding carboxylic acids is 1. The molecule has 2 aromatic rings. The Kier molecular flexibility index (Phi) is 5.95. The molecule has 2 aliphatic rings. The van der Waals surface area contributed by atoms with E-state index in [2.05, 4.69) is 30.9 Å². The number of rotatable bonds is 4. The van der Waals surface area contributed by atoms with Gasteiger partial charge in [0, 0.05) is 23.0 Å². The van der Waals surface area contributed by atoms with E-state index >= 15 is 0 Å². The molecule has 1 atom stereocenters. The molecule has 2 heterocycles. The van der Waals surface area contributed by atoms with Crippen LogP contribution < -0.4 is 4.90 Å². The summed E-state index contributed by atoms with van der Waals surface area (Å²) >= 11 is 9.32. The van der Waals surface area contributed by atoms with Gasteiger partial charge in [0.25, 0.3) is 5.91 Å². The van der Waals surface area contributed by atoms with Gasteiger partial charge < -0.3 is 4.90 Å². The first-order valence-corrected chi connectivity index (χ1v) is 11.7. The molecule has 4 rings (SSSR count). The SMILES string of the molecule is CCN1C(=O)/C(=C2/Sc3ccc(Cl)cc3N2CC)SC1=N[C@@H](C)c1ccccc1. The normalized spacial score (nSPS) is 21.2. The van der Waals surface area contributed by atoms with Crippen LogP contribution in [0.2, 0.25) is 5.02 Å². The first-order valence-electron chi connectivity index (χ1n) is 9.65. The molecule has 0 saturated carbocycles. The molecule has 4 nitrogen and oxygen atoms in total. The second-order valence-electron chi connectivity index (χ2n) is 6.74. The molecule has 0 bridgehead atoms. The monoisotopic (exact) mass is 443 g/mol. The maximum absolute atomic E-state index is 13.2. The number of nitrogens with zero attached hydrogens (tertiary/aromatic N) is 3. The fourth-order valence-electron chi connectivity index (χ4n) is 3.42. The molecule has 0 spiro atoms. The summed E-state index contributed by atoms with van der Waals surface area (Å²) in [5.74, 6) is 0.0244. The Morgan fingerprint density at radius 2 is 1.76 bits per heavy atom. The van der Waals surface area contributed by atoms with Gasteiger partial charge in [-0.3, -0.25) is 14.7 Å². The van der Waals surface area contributed by atoms with Crippen molar-refractivity contribution in [3.63, 3.8) is 0 Å². The van der Waals surface area contributed by atoms with Gasteiger partial charge in [-0.05, 0) is 56.3 Å². The number of hydrogen-bond donors (Lipinski definition) is 0. The van der Waals surface area contributed by atoms with Crippen LogP contribution in [0.4, 0.5) is 5.69 Å². The van der Waals surface area contributed by atoms with Gasteiger partial charge in [0.15, 0.2) is 5.17 Å². The van der Waals surface area contributed by atoms with Crippen molar-refractivity contribution in [2.75, 3.05) is 18.0 Å². The highest BCUT2D eigenvalue weighted by Gasteiger charge is 2.39. The van der Waals surface area contributed by atoms with Crippen molar-refractivity contribution in [1.29, 1.82) is 0 Å². The Morgan fingerprint density at radius 1 is 1.03 bits per heavy atom. The summed E-state index contributed by atoms with van der Waals surface area (Å²) < 4.78 is 0. The summed E-state index contributed by atoms with van der Waals surface area (Å²) in [6, 6.07) is 16.0. The molecule has 2 aromatic carbocycles. The minimum Gasteiger partial charge on any atom is -0.334 e. The largest absolute Gasteiger partial charge is 0.334 e. The van der Waals surface area contributed by atoms with Crippen molar-refractivity contribution in [2.24, 2.45) is 4.99 Å². The Hall–Kier alpha value is -1.89. The molecular formula is C22H22ClN3OS2. The number of benzene rings is 2. The zero-order chi connectivity index (χ0) is 20.5. The second kappa shape index (κ2) is 8.46. The number of anilines is 1. The van der Waals surface area contributed by atoms with E-state index in [-0.39, 0.29) is 11.9 Å². The van der Waals surface area contributed by atoms with E-state index in [1.54, 1.807) is 16.7 Å². The van der Waals surface area contributed by atoms with Crippen LogP contribution in [0.25, 0.3) is 0 Å². The quantitative estimate of drug-likeness (QED) is 0.530. The Labute approximate surface area is 185 Å². The third kappa shape index (κ3) is 3.81. The number of hydrogen-bond acceptors (Lipinski definition) is 5. The van der Waals surface area contributed by atoms with E-state index in [0.717, 1.165) is 37.8 Å². The highest BCUT2D eigenvalue weighted by atomic mass is 35.5. The lowest BCUT2D eigenvalue weighted by atomic mass is 10.1. The number of fused-ring (bicyclic) bond motifs is 1. The number of likely N-dealkylation sites (N-methyl/N-ethyl adjacent to an activating group) is 1. The summed E-state index contributed by atoms with van der Waals surface area (Å²) in [5, 5.41) is 2.44. The zero-order valence-corrected chi connectivity index (χ0v) is 18.9. The number of amidine groups is 1. The second-order valence-corrected chi connectivity index (χ2v) is 9.19. The van der Waals surface area contributed by atoms with E-state index in [1.165, 1.54) is 11.8 Å². The van der Waals surface area contributed by atoms with Gasteiger partial charge in [-0.1, -0.05) is 53.7 Å². The Balaban J connectivity index is 1.71. The van der Waals surface area contributed by atoms with Crippen molar-refractivity contribution in [2.45, 2.75) is 31.7 Å². The van der Waals surface area contributed by atoms with E-state index in [1.807, 2.05) is 43.3 Å². The summed E-state index contributed by atoms with van der Waals surface area (Å²) in [6.07, 6.45) is 0. The first-order chi connectivity index (χ1) is 14.0. The fraction of sp³-hybridized carbons (Fsp3) is 0.273. The van der Waals surface area contributed by atoms with Crippen LogP contribution in [0.15, 0.2) is 68.4 Å². The van der Waals surface area contributed by atoms with Crippen LogP contribution in [0, 0.1) is 0 Å². The van der Waals surface area contributed by atoms with E-state index < -0.39 is 0 Å². The number of thioether (sulfide) groups is 2. The third-order valence-electron chi connectivity index (χ3n) is 4.94. The van der Waals surface area contributed by atoms with E-state index in [9.17, 15) is 4.79 Å². The molecule has 2 aliphatic heterocycles. The molecule has 0 aromatic heterocycles. The minimum absolute atomic E-state index is 0.0144. The zero-order valence-electron chi connectivity index (χ0n) is 16.6. The highest BCUT2D eigenvalue weighted by molar-refractivity contribution is 8.19. The van der Waals surface area contributed by atoms with Crippen LogP contribution in [-0.4, -0.2) is 29.1 Å². The van der Waals surface area contributed by atoms with E-state index in [4.69, 9.17) is 16.6 Å². The standard InChI is InChI=1S/C22H22ClN3OS2/c1-4-25-17-13-16(23)11-12-18(17)28-21(25)19-20(27)26(5-2)22(29-19)24-14(3)15-9-7-6-8-10-15/h6-14H,4-5H2,1-3H3/b21-19-,24-22?/t14-/m0/s1. The van der Waals surface area contributed by atoms with Crippen molar-refractivity contribution in [3.8, 4) is 0 Å². The van der Waals surface area contributed by atoms with Crippen LogP contribution >= 0.6 is 35.1 Å². The number of aliphatic imine (C=N–C) groups is 1. The molecule has 150 valence electrons. The summed E-state index contributed by atoms with van der Waals surface area (Å²) in [5.41, 5.74) is 2.20. The maximum atomic E-state index is 13.2. The molecule has 0 aliphatic carbocycles. The van der Waals surface area contributed by atoms with Gasteiger partial charge in [0.2, 0.25) is 0 Å². The summed E-state index contributed by atoms with van der Waals surface area (Å²) in [6.45, 7) is 7.51. The smallest absolute Gasteiger partial charge is 0.269 e. The Morgan fingerprint density at radius 3 is 2.45 bits per heavy atom. The van der Waals surface area contributed by atoms with Gasteiger partial charge in [-0.2, -0.15) is 0 Å². The van der Waals surface area contributed by atoms with Crippen molar-refractivity contribution < 1.29 is 4.79 Å². The number of carbonyl (C=O) groups is 1. The lowest BCUT2D eigenvalue weighted by molar-refractivity contribution is -0.122. The molecule has 0 N–H and O–H groups in total. The molecule has 0 unspecified atom stereocenters. The van der Waals surface area contributed by atoms with Crippen molar-refractivity contribution >= 4 is 51.9 Å². The fourth-order valence-corrected chi connectivity index (χ4v) is 6.08. The first kappa shape index (κ1) is 20.4. The molecule has 29 heavy (non-hydrogen) atoms. The average Bonchev–Trinajstić information content (AvgIpc) is 3.24. The minimum atomic E-state index is -0.0144.